The van der Waals surface area contributed by atoms with E-state index in [1.54, 1.807) is 0 Å². The lowest BCUT2D eigenvalue weighted by atomic mass is 9.75. The number of primary amides is 1. The summed E-state index contributed by atoms with van der Waals surface area (Å²) in [6.45, 7) is 5.76. The SMILES string of the molecule is CCCC1(COC(N)=O)CCN(Cc2ccccc2)CC1. The molecule has 0 spiro atoms. The lowest BCUT2D eigenvalue weighted by Gasteiger charge is -2.41. The van der Waals surface area contributed by atoms with Crippen LogP contribution in [0.5, 0.6) is 0 Å². The predicted octanol–water partition coefficient (Wildman–Crippen LogP) is 3.16. The van der Waals surface area contributed by atoms with Crippen molar-refractivity contribution in [3.05, 3.63) is 35.9 Å². The number of hydrogen-bond acceptors (Lipinski definition) is 3. The second-order valence-electron chi connectivity index (χ2n) is 6.12. The fourth-order valence-electron chi connectivity index (χ4n) is 3.25. The Kier molecular flexibility index (Phi) is 5.62. The molecule has 4 nitrogen and oxygen atoms in total. The maximum Gasteiger partial charge on any atom is 0.404 e. The molecule has 1 heterocycles. The standard InChI is InChI=1S/C17H26N2O2/c1-2-8-17(14-21-16(18)20)9-11-19(12-10-17)13-15-6-4-3-5-7-15/h3-7H,2,8-14H2,1H3,(H2,18,20). The molecule has 21 heavy (non-hydrogen) atoms. The normalized spacial score (nSPS) is 18.3. The summed E-state index contributed by atoms with van der Waals surface area (Å²) in [7, 11) is 0. The molecule has 0 atom stereocenters. The Labute approximate surface area is 127 Å². The second-order valence-corrected chi connectivity index (χ2v) is 6.12. The molecule has 0 aliphatic carbocycles. The number of carbonyl (C=O) groups is 1. The Morgan fingerprint density at radius 3 is 2.52 bits per heavy atom. The van der Waals surface area contributed by atoms with Crippen molar-refractivity contribution >= 4 is 6.09 Å². The van der Waals surface area contributed by atoms with Crippen molar-refractivity contribution in [3.8, 4) is 0 Å². The topological polar surface area (TPSA) is 55.6 Å². The van der Waals surface area contributed by atoms with Gasteiger partial charge in [0.15, 0.2) is 0 Å². The molecule has 0 radical (unpaired) electrons. The molecule has 0 saturated carbocycles. The zero-order chi connectivity index (χ0) is 15.1. The summed E-state index contributed by atoms with van der Waals surface area (Å²) in [5.74, 6) is 0. The van der Waals surface area contributed by atoms with Gasteiger partial charge in [0.25, 0.3) is 0 Å². The lowest BCUT2D eigenvalue weighted by molar-refractivity contribution is 0.0239. The highest BCUT2D eigenvalue weighted by Gasteiger charge is 2.34. The van der Waals surface area contributed by atoms with E-state index in [1.807, 2.05) is 6.07 Å². The van der Waals surface area contributed by atoms with Gasteiger partial charge in [0.05, 0.1) is 6.61 Å². The molecule has 116 valence electrons. The van der Waals surface area contributed by atoms with Gasteiger partial charge in [0.1, 0.15) is 0 Å². The fourth-order valence-corrected chi connectivity index (χ4v) is 3.25. The number of nitrogens with two attached hydrogens (primary N) is 1. The van der Waals surface area contributed by atoms with Crippen LogP contribution in [-0.2, 0) is 11.3 Å². The van der Waals surface area contributed by atoms with Crippen LogP contribution in [0.4, 0.5) is 4.79 Å². The molecule has 1 amide bonds. The molecule has 1 saturated heterocycles. The van der Waals surface area contributed by atoms with Crippen molar-refractivity contribution in [2.75, 3.05) is 19.7 Å². The van der Waals surface area contributed by atoms with E-state index >= 15 is 0 Å². The predicted molar refractivity (Wildman–Crippen MR) is 83.8 cm³/mol. The third-order valence-electron chi connectivity index (χ3n) is 4.47. The first-order valence-corrected chi connectivity index (χ1v) is 7.82. The van der Waals surface area contributed by atoms with E-state index in [0.717, 1.165) is 45.3 Å². The summed E-state index contributed by atoms with van der Waals surface area (Å²) < 4.78 is 5.11. The minimum atomic E-state index is -0.655. The first-order valence-electron chi connectivity index (χ1n) is 7.82. The Balaban J connectivity index is 1.88. The molecule has 2 rings (SSSR count). The van der Waals surface area contributed by atoms with Crippen molar-refractivity contribution in [1.82, 2.24) is 4.90 Å². The summed E-state index contributed by atoms with van der Waals surface area (Å²) in [5.41, 5.74) is 6.60. The molecule has 1 aromatic carbocycles. The molecule has 1 aliphatic heterocycles. The largest absolute Gasteiger partial charge is 0.449 e. The summed E-state index contributed by atoms with van der Waals surface area (Å²) >= 11 is 0. The fraction of sp³-hybridized carbons (Fsp3) is 0.588. The summed E-state index contributed by atoms with van der Waals surface area (Å²) in [5, 5.41) is 0. The molecule has 0 unspecified atom stereocenters. The van der Waals surface area contributed by atoms with Crippen molar-refractivity contribution in [3.63, 3.8) is 0 Å². The zero-order valence-electron chi connectivity index (χ0n) is 12.9. The van der Waals surface area contributed by atoms with Gasteiger partial charge in [-0.3, -0.25) is 4.90 Å². The van der Waals surface area contributed by atoms with Crippen LogP contribution < -0.4 is 5.73 Å². The first kappa shape index (κ1) is 15.8. The van der Waals surface area contributed by atoms with Crippen LogP contribution in [0.1, 0.15) is 38.2 Å². The van der Waals surface area contributed by atoms with Crippen LogP contribution in [0.25, 0.3) is 0 Å². The monoisotopic (exact) mass is 290 g/mol. The highest BCUT2D eigenvalue weighted by Crippen LogP contribution is 2.36. The quantitative estimate of drug-likeness (QED) is 0.875. The highest BCUT2D eigenvalue weighted by molar-refractivity contribution is 5.64. The van der Waals surface area contributed by atoms with Gasteiger partial charge in [0.2, 0.25) is 0 Å². The average Bonchev–Trinajstić information content (AvgIpc) is 2.49. The van der Waals surface area contributed by atoms with Crippen LogP contribution in [-0.4, -0.2) is 30.7 Å². The summed E-state index contributed by atoms with van der Waals surface area (Å²) in [4.78, 5) is 13.4. The van der Waals surface area contributed by atoms with Crippen LogP contribution in [0.15, 0.2) is 30.3 Å². The smallest absolute Gasteiger partial charge is 0.404 e. The molecule has 1 fully saturated rings. The Morgan fingerprint density at radius 2 is 1.95 bits per heavy atom. The van der Waals surface area contributed by atoms with E-state index < -0.39 is 6.09 Å². The summed E-state index contributed by atoms with van der Waals surface area (Å²) in [6.07, 6.45) is 3.69. The van der Waals surface area contributed by atoms with Crippen molar-refractivity contribution in [2.45, 2.75) is 39.2 Å². The Hall–Kier alpha value is -1.55. The van der Waals surface area contributed by atoms with E-state index in [0.29, 0.717) is 6.61 Å². The van der Waals surface area contributed by atoms with Crippen LogP contribution in [0, 0.1) is 5.41 Å². The van der Waals surface area contributed by atoms with Gasteiger partial charge < -0.3 is 10.5 Å². The Morgan fingerprint density at radius 1 is 1.29 bits per heavy atom. The van der Waals surface area contributed by atoms with Gasteiger partial charge in [-0.25, -0.2) is 4.79 Å². The van der Waals surface area contributed by atoms with Gasteiger partial charge in [-0.05, 0) is 37.9 Å². The minimum Gasteiger partial charge on any atom is -0.449 e. The van der Waals surface area contributed by atoms with Crippen molar-refractivity contribution in [2.24, 2.45) is 11.1 Å². The maximum absolute atomic E-state index is 10.9. The van der Waals surface area contributed by atoms with Crippen LogP contribution >= 0.6 is 0 Å². The second kappa shape index (κ2) is 7.46. The van der Waals surface area contributed by atoms with Crippen molar-refractivity contribution in [1.29, 1.82) is 0 Å². The molecule has 1 aliphatic rings. The number of carbonyl (C=O) groups excluding carboxylic acids is 1. The number of likely N-dealkylation sites (tertiary alicyclic amines) is 1. The summed E-state index contributed by atoms with van der Waals surface area (Å²) in [6, 6.07) is 10.6. The van der Waals surface area contributed by atoms with E-state index in [2.05, 4.69) is 36.1 Å². The number of benzene rings is 1. The molecular weight excluding hydrogens is 264 g/mol. The Bertz CT molecular complexity index is 439. The minimum absolute atomic E-state index is 0.122. The number of amides is 1. The van der Waals surface area contributed by atoms with Crippen LogP contribution in [0.3, 0.4) is 0 Å². The average molecular weight is 290 g/mol. The third kappa shape index (κ3) is 4.74. The number of ether oxygens (including phenoxy) is 1. The molecule has 4 heteroatoms. The molecule has 1 aromatic rings. The number of rotatable bonds is 6. The maximum atomic E-state index is 10.9. The molecular formula is C17H26N2O2. The zero-order valence-corrected chi connectivity index (χ0v) is 12.9. The molecule has 2 N–H and O–H groups in total. The van der Waals surface area contributed by atoms with Crippen molar-refractivity contribution < 1.29 is 9.53 Å². The molecule has 0 bridgehead atoms. The van der Waals surface area contributed by atoms with E-state index in [4.69, 9.17) is 10.5 Å². The van der Waals surface area contributed by atoms with Gasteiger partial charge in [-0.1, -0.05) is 43.7 Å². The van der Waals surface area contributed by atoms with Crippen LogP contribution in [0.2, 0.25) is 0 Å². The van der Waals surface area contributed by atoms with Gasteiger partial charge >= 0.3 is 6.09 Å². The number of nitrogens with zero attached hydrogens (tertiary/aromatic N) is 1. The lowest BCUT2D eigenvalue weighted by Crippen LogP contribution is -2.42. The van der Waals surface area contributed by atoms with E-state index in [9.17, 15) is 4.79 Å². The highest BCUT2D eigenvalue weighted by atomic mass is 16.5. The first-order chi connectivity index (χ1) is 10.1. The van der Waals surface area contributed by atoms with Gasteiger partial charge in [0, 0.05) is 12.0 Å². The van der Waals surface area contributed by atoms with E-state index in [-0.39, 0.29) is 5.41 Å². The van der Waals surface area contributed by atoms with E-state index in [1.165, 1.54) is 5.56 Å². The third-order valence-corrected chi connectivity index (χ3v) is 4.47. The molecule has 0 aromatic heterocycles. The van der Waals surface area contributed by atoms with Gasteiger partial charge in [-0.15, -0.1) is 0 Å². The van der Waals surface area contributed by atoms with Gasteiger partial charge in [-0.2, -0.15) is 0 Å². The number of piperidine rings is 1. The number of hydrogen-bond donors (Lipinski definition) is 1.